The first-order chi connectivity index (χ1) is 17.9. The lowest BCUT2D eigenvalue weighted by molar-refractivity contribution is 0.0948. The molecule has 0 radical (unpaired) electrons. The summed E-state index contributed by atoms with van der Waals surface area (Å²) >= 11 is 1.73. The maximum Gasteiger partial charge on any atom is 0.261 e. The lowest BCUT2D eigenvalue weighted by Gasteiger charge is -2.34. The van der Waals surface area contributed by atoms with Crippen molar-refractivity contribution in [3.63, 3.8) is 0 Å². The van der Waals surface area contributed by atoms with Gasteiger partial charge in [0.2, 0.25) is 0 Å². The van der Waals surface area contributed by atoms with Crippen molar-refractivity contribution in [3.8, 4) is 0 Å². The zero-order valence-corrected chi connectivity index (χ0v) is 22.2. The molecule has 0 atom stereocenters. The highest BCUT2D eigenvalue weighted by Gasteiger charge is 2.20. The number of carbonyl (C=O) groups is 1. The van der Waals surface area contributed by atoms with E-state index in [0.29, 0.717) is 17.8 Å². The number of piperazine rings is 1. The molecule has 1 aliphatic rings. The van der Waals surface area contributed by atoms with E-state index in [-0.39, 0.29) is 10.8 Å². The standard InChI is InChI=1S/C27H29N5O3S2/c1-20-6-12-23(13-7-20)37(34,35)30-22-10-8-21(9-11-22)26(33)28-14-15-31-16-18-32(19-17-31)27-29-24-4-2-3-5-25(24)36-27/h2-13,30H,14-19H2,1H3,(H,28,33). The van der Waals surface area contributed by atoms with E-state index in [0.717, 1.165) is 48.9 Å². The van der Waals surface area contributed by atoms with Gasteiger partial charge in [-0.3, -0.25) is 14.4 Å². The van der Waals surface area contributed by atoms with Gasteiger partial charge < -0.3 is 10.2 Å². The largest absolute Gasteiger partial charge is 0.351 e. The number of benzene rings is 3. The molecule has 1 saturated heterocycles. The maximum absolute atomic E-state index is 12.6. The number of thiazole rings is 1. The highest BCUT2D eigenvalue weighted by Crippen LogP contribution is 2.29. The summed E-state index contributed by atoms with van der Waals surface area (Å²) in [5.74, 6) is -0.180. The number of nitrogens with one attached hydrogen (secondary N) is 2. The van der Waals surface area contributed by atoms with E-state index < -0.39 is 10.0 Å². The number of amides is 1. The molecule has 0 aliphatic carbocycles. The number of fused-ring (bicyclic) bond motifs is 1. The summed E-state index contributed by atoms with van der Waals surface area (Å²) in [5, 5.41) is 4.03. The van der Waals surface area contributed by atoms with Crippen molar-refractivity contribution in [2.75, 3.05) is 48.9 Å². The van der Waals surface area contributed by atoms with Crippen LogP contribution >= 0.6 is 11.3 Å². The predicted molar refractivity (Wildman–Crippen MR) is 149 cm³/mol. The molecule has 1 fully saturated rings. The lowest BCUT2D eigenvalue weighted by Crippen LogP contribution is -2.48. The lowest BCUT2D eigenvalue weighted by atomic mass is 10.2. The number of nitrogens with zero attached hydrogens (tertiary/aromatic N) is 3. The van der Waals surface area contributed by atoms with Gasteiger partial charge in [0.05, 0.1) is 15.1 Å². The van der Waals surface area contributed by atoms with Gasteiger partial charge in [-0.15, -0.1) is 0 Å². The van der Waals surface area contributed by atoms with E-state index in [4.69, 9.17) is 4.98 Å². The smallest absolute Gasteiger partial charge is 0.261 e. The molecule has 1 aliphatic heterocycles. The topological polar surface area (TPSA) is 94.6 Å². The Balaban J connectivity index is 1.07. The third-order valence-electron chi connectivity index (χ3n) is 6.37. The van der Waals surface area contributed by atoms with Crippen LogP contribution < -0.4 is 14.9 Å². The fourth-order valence-electron chi connectivity index (χ4n) is 4.21. The van der Waals surface area contributed by atoms with Crippen molar-refractivity contribution in [3.05, 3.63) is 83.9 Å². The van der Waals surface area contributed by atoms with Crippen LogP contribution in [0.5, 0.6) is 0 Å². The van der Waals surface area contributed by atoms with Gasteiger partial charge in [0, 0.05) is 50.5 Å². The second kappa shape index (κ2) is 10.9. The van der Waals surface area contributed by atoms with E-state index >= 15 is 0 Å². The number of para-hydroxylation sites is 1. The Hall–Kier alpha value is -3.47. The van der Waals surface area contributed by atoms with Crippen LogP contribution in [0.4, 0.5) is 10.8 Å². The first-order valence-corrected chi connectivity index (χ1v) is 14.5. The van der Waals surface area contributed by atoms with Gasteiger partial charge in [0.25, 0.3) is 15.9 Å². The molecule has 3 aromatic carbocycles. The summed E-state index contributed by atoms with van der Waals surface area (Å²) in [6.45, 7) is 6.87. The van der Waals surface area contributed by atoms with Crippen molar-refractivity contribution < 1.29 is 13.2 Å². The Morgan fingerprint density at radius 3 is 2.35 bits per heavy atom. The maximum atomic E-state index is 12.6. The molecule has 1 amide bonds. The molecule has 0 bridgehead atoms. The molecule has 37 heavy (non-hydrogen) atoms. The van der Waals surface area contributed by atoms with E-state index in [1.807, 2.05) is 25.1 Å². The first-order valence-electron chi connectivity index (χ1n) is 12.2. The molecule has 4 aromatic rings. The van der Waals surface area contributed by atoms with E-state index in [1.54, 1.807) is 59.9 Å². The summed E-state index contributed by atoms with van der Waals surface area (Å²) in [6.07, 6.45) is 0. The van der Waals surface area contributed by atoms with Crippen LogP contribution in [-0.4, -0.2) is 63.5 Å². The average molecular weight is 536 g/mol. The molecule has 0 spiro atoms. The number of carbonyl (C=O) groups excluding carboxylic acids is 1. The number of aryl methyl sites for hydroxylation is 1. The zero-order valence-electron chi connectivity index (χ0n) is 20.6. The Morgan fingerprint density at radius 1 is 0.946 bits per heavy atom. The quantitative estimate of drug-likeness (QED) is 0.355. The third kappa shape index (κ3) is 6.10. The van der Waals surface area contributed by atoms with Crippen LogP contribution in [0.25, 0.3) is 10.2 Å². The SMILES string of the molecule is Cc1ccc(S(=O)(=O)Nc2ccc(C(=O)NCCN3CCN(c4nc5ccccc5s4)CC3)cc2)cc1. The number of anilines is 2. The molecule has 0 saturated carbocycles. The number of hydrogen-bond acceptors (Lipinski definition) is 7. The summed E-state index contributed by atoms with van der Waals surface area (Å²) in [7, 11) is -3.68. The summed E-state index contributed by atoms with van der Waals surface area (Å²) in [5.41, 5.74) is 2.92. The second-order valence-electron chi connectivity index (χ2n) is 9.04. The van der Waals surface area contributed by atoms with Crippen molar-refractivity contribution in [2.24, 2.45) is 0 Å². The molecular weight excluding hydrogens is 506 g/mol. The van der Waals surface area contributed by atoms with Crippen molar-refractivity contribution in [1.29, 1.82) is 0 Å². The van der Waals surface area contributed by atoms with Crippen LogP contribution in [0.3, 0.4) is 0 Å². The first kappa shape index (κ1) is 25.2. The van der Waals surface area contributed by atoms with Gasteiger partial charge >= 0.3 is 0 Å². The summed E-state index contributed by atoms with van der Waals surface area (Å²) < 4.78 is 28.9. The summed E-state index contributed by atoms with van der Waals surface area (Å²) in [4.78, 5) is 22.2. The molecule has 2 N–H and O–H groups in total. The Kier molecular flexibility index (Phi) is 7.40. The fourth-order valence-corrected chi connectivity index (χ4v) is 6.28. The second-order valence-corrected chi connectivity index (χ2v) is 11.7. The molecule has 5 rings (SSSR count). The monoisotopic (exact) mass is 535 g/mol. The molecule has 2 heterocycles. The summed E-state index contributed by atoms with van der Waals surface area (Å²) in [6, 6.07) is 21.3. The average Bonchev–Trinajstić information content (AvgIpc) is 3.34. The number of rotatable bonds is 8. The normalized spacial score (nSPS) is 14.6. The van der Waals surface area contributed by atoms with E-state index in [9.17, 15) is 13.2 Å². The van der Waals surface area contributed by atoms with E-state index in [1.165, 1.54) is 4.70 Å². The molecule has 0 unspecified atom stereocenters. The highest BCUT2D eigenvalue weighted by molar-refractivity contribution is 7.92. The number of sulfonamides is 1. The van der Waals surface area contributed by atoms with Crippen molar-refractivity contribution >= 4 is 48.3 Å². The van der Waals surface area contributed by atoms with Crippen LogP contribution in [-0.2, 0) is 10.0 Å². The van der Waals surface area contributed by atoms with Gasteiger partial charge in [-0.2, -0.15) is 0 Å². The fraction of sp³-hybridized carbons (Fsp3) is 0.259. The minimum absolute atomic E-state index is 0.180. The van der Waals surface area contributed by atoms with Crippen molar-refractivity contribution in [2.45, 2.75) is 11.8 Å². The molecule has 1 aromatic heterocycles. The van der Waals surface area contributed by atoms with Gasteiger partial charge in [0.1, 0.15) is 0 Å². The van der Waals surface area contributed by atoms with Gasteiger partial charge in [-0.05, 0) is 55.5 Å². The molecule has 192 valence electrons. The Morgan fingerprint density at radius 2 is 1.65 bits per heavy atom. The Labute approximate surface area is 221 Å². The van der Waals surface area contributed by atoms with Gasteiger partial charge in [-0.1, -0.05) is 41.2 Å². The van der Waals surface area contributed by atoms with Crippen LogP contribution in [0, 0.1) is 6.92 Å². The minimum Gasteiger partial charge on any atom is -0.351 e. The third-order valence-corrected chi connectivity index (χ3v) is 8.86. The predicted octanol–water partition coefficient (Wildman–Crippen LogP) is 3.96. The molecule has 10 heteroatoms. The van der Waals surface area contributed by atoms with E-state index in [2.05, 4.69) is 25.9 Å². The van der Waals surface area contributed by atoms with Gasteiger partial charge in [-0.25, -0.2) is 13.4 Å². The number of hydrogen-bond donors (Lipinski definition) is 2. The zero-order chi connectivity index (χ0) is 25.8. The molecular formula is C27H29N5O3S2. The van der Waals surface area contributed by atoms with Crippen molar-refractivity contribution in [1.82, 2.24) is 15.2 Å². The van der Waals surface area contributed by atoms with Crippen LogP contribution in [0.15, 0.2) is 77.7 Å². The Bertz CT molecular complexity index is 1440. The number of aromatic nitrogens is 1. The van der Waals surface area contributed by atoms with Crippen LogP contribution in [0.2, 0.25) is 0 Å². The highest BCUT2D eigenvalue weighted by atomic mass is 32.2. The minimum atomic E-state index is -3.68. The van der Waals surface area contributed by atoms with Crippen LogP contribution in [0.1, 0.15) is 15.9 Å². The molecule has 8 nitrogen and oxygen atoms in total. The van der Waals surface area contributed by atoms with Gasteiger partial charge in [0.15, 0.2) is 5.13 Å².